The number of anilines is 1. The summed E-state index contributed by atoms with van der Waals surface area (Å²) in [6, 6.07) is 5.50. The third-order valence-electron chi connectivity index (χ3n) is 2.76. The largest absolute Gasteiger partial charge is 0.494 e. The Bertz CT molecular complexity index is 597. The summed E-state index contributed by atoms with van der Waals surface area (Å²) in [5.74, 6) is 0.814. The normalized spacial score (nSPS) is 12.2. The highest BCUT2D eigenvalue weighted by Gasteiger charge is 2.13. The number of aromatic nitrogens is 1. The summed E-state index contributed by atoms with van der Waals surface area (Å²) < 4.78 is 6.51. The molecule has 1 amide bonds. The number of hydrogen-bond acceptors (Lipinski definition) is 5. The summed E-state index contributed by atoms with van der Waals surface area (Å²) in [5.41, 5.74) is 0.907. The third-order valence-corrected chi connectivity index (χ3v) is 3.70. The zero-order valence-electron chi connectivity index (χ0n) is 11.9. The highest BCUT2D eigenvalue weighted by molar-refractivity contribution is 7.22. The summed E-state index contributed by atoms with van der Waals surface area (Å²) in [7, 11) is 0. The number of carbonyl (C=O) groups excluding carboxylic acids is 1. The summed E-state index contributed by atoms with van der Waals surface area (Å²) in [6.45, 7) is 6.95. The Hall–Kier alpha value is -1.82. The maximum absolute atomic E-state index is 11.7. The molecular weight excluding hydrogens is 274 g/mol. The Kier molecular flexibility index (Phi) is 4.79. The molecule has 0 aliphatic rings. The van der Waals surface area contributed by atoms with Crippen LogP contribution >= 0.6 is 11.3 Å². The van der Waals surface area contributed by atoms with Crippen LogP contribution in [0.5, 0.6) is 5.75 Å². The first-order chi connectivity index (χ1) is 9.63. The monoisotopic (exact) mass is 293 g/mol. The number of likely N-dealkylation sites (N-methyl/N-ethyl adjacent to an activating group) is 1. The number of amides is 1. The molecule has 1 atom stereocenters. The lowest BCUT2D eigenvalue weighted by atomic mass is 10.3. The van der Waals surface area contributed by atoms with Crippen molar-refractivity contribution in [2.45, 2.75) is 26.8 Å². The Morgan fingerprint density at radius 2 is 2.25 bits per heavy atom. The van der Waals surface area contributed by atoms with Crippen LogP contribution in [0.3, 0.4) is 0 Å². The molecule has 1 aromatic carbocycles. The van der Waals surface area contributed by atoms with Crippen molar-refractivity contribution in [2.24, 2.45) is 0 Å². The molecule has 5 nitrogen and oxygen atoms in total. The molecule has 20 heavy (non-hydrogen) atoms. The van der Waals surface area contributed by atoms with E-state index in [4.69, 9.17) is 4.74 Å². The van der Waals surface area contributed by atoms with Crippen molar-refractivity contribution in [1.29, 1.82) is 0 Å². The van der Waals surface area contributed by atoms with Gasteiger partial charge in [0.25, 0.3) is 0 Å². The molecule has 0 saturated heterocycles. The molecule has 6 heteroatoms. The lowest BCUT2D eigenvalue weighted by molar-refractivity contribution is -0.121. The Labute approximate surface area is 122 Å². The standard InChI is InChI=1S/C14H19N3O2S/c1-4-15-13(18)9(3)16-14-17-11-7-6-10(19-5-2)8-12(11)20-14/h6-9H,4-5H2,1-3H3,(H,15,18)(H,16,17). The van der Waals surface area contributed by atoms with Crippen LogP contribution in [0.1, 0.15) is 20.8 Å². The molecule has 0 bridgehead atoms. The second-order valence-electron chi connectivity index (χ2n) is 4.34. The van der Waals surface area contributed by atoms with Crippen LogP contribution in [0, 0.1) is 0 Å². The van der Waals surface area contributed by atoms with Crippen molar-refractivity contribution in [2.75, 3.05) is 18.5 Å². The first-order valence-electron chi connectivity index (χ1n) is 6.71. The van der Waals surface area contributed by atoms with Gasteiger partial charge in [-0.15, -0.1) is 0 Å². The maximum Gasteiger partial charge on any atom is 0.242 e. The zero-order chi connectivity index (χ0) is 14.5. The Morgan fingerprint density at radius 3 is 2.95 bits per heavy atom. The number of thiazole rings is 1. The van der Waals surface area contributed by atoms with Crippen molar-refractivity contribution in [3.63, 3.8) is 0 Å². The van der Waals surface area contributed by atoms with E-state index >= 15 is 0 Å². The van der Waals surface area contributed by atoms with Crippen LogP contribution in [0.4, 0.5) is 5.13 Å². The highest BCUT2D eigenvalue weighted by atomic mass is 32.1. The van der Waals surface area contributed by atoms with Crippen LogP contribution in [0.15, 0.2) is 18.2 Å². The van der Waals surface area contributed by atoms with Gasteiger partial charge in [0.2, 0.25) is 5.91 Å². The van der Waals surface area contributed by atoms with Gasteiger partial charge in [-0.3, -0.25) is 4.79 Å². The summed E-state index contributed by atoms with van der Waals surface area (Å²) in [6.07, 6.45) is 0. The molecule has 1 unspecified atom stereocenters. The van der Waals surface area contributed by atoms with Gasteiger partial charge in [-0.25, -0.2) is 4.98 Å². The number of carbonyl (C=O) groups is 1. The van der Waals surface area contributed by atoms with E-state index in [1.54, 1.807) is 0 Å². The average molecular weight is 293 g/mol. The maximum atomic E-state index is 11.7. The number of nitrogens with one attached hydrogen (secondary N) is 2. The van der Waals surface area contributed by atoms with Crippen molar-refractivity contribution in [3.8, 4) is 5.75 Å². The van der Waals surface area contributed by atoms with Gasteiger partial charge in [0, 0.05) is 6.54 Å². The van der Waals surface area contributed by atoms with Crippen LogP contribution < -0.4 is 15.4 Å². The van der Waals surface area contributed by atoms with E-state index in [1.807, 2.05) is 39.0 Å². The highest BCUT2D eigenvalue weighted by Crippen LogP contribution is 2.29. The van der Waals surface area contributed by atoms with Crippen LogP contribution in [-0.2, 0) is 4.79 Å². The second kappa shape index (κ2) is 6.56. The van der Waals surface area contributed by atoms with E-state index in [0.29, 0.717) is 13.2 Å². The van der Waals surface area contributed by atoms with Crippen molar-refractivity contribution >= 4 is 32.6 Å². The van der Waals surface area contributed by atoms with Gasteiger partial charge in [0.05, 0.1) is 16.8 Å². The Morgan fingerprint density at radius 1 is 1.45 bits per heavy atom. The molecule has 0 spiro atoms. The van der Waals surface area contributed by atoms with E-state index in [0.717, 1.165) is 21.1 Å². The molecule has 2 aromatic rings. The first kappa shape index (κ1) is 14.6. The average Bonchev–Trinajstić information content (AvgIpc) is 2.80. The topological polar surface area (TPSA) is 63.2 Å². The minimum absolute atomic E-state index is 0.0261. The lowest BCUT2D eigenvalue weighted by Crippen LogP contribution is -2.37. The van der Waals surface area contributed by atoms with Gasteiger partial charge in [-0.2, -0.15) is 0 Å². The fourth-order valence-corrected chi connectivity index (χ4v) is 2.78. The molecule has 0 radical (unpaired) electrons. The number of ether oxygens (including phenoxy) is 1. The van der Waals surface area contributed by atoms with E-state index < -0.39 is 0 Å². The number of hydrogen-bond donors (Lipinski definition) is 2. The summed E-state index contributed by atoms with van der Waals surface area (Å²) in [4.78, 5) is 16.2. The lowest BCUT2D eigenvalue weighted by Gasteiger charge is -2.11. The van der Waals surface area contributed by atoms with Crippen molar-refractivity contribution in [3.05, 3.63) is 18.2 Å². The molecule has 0 aliphatic carbocycles. The predicted molar refractivity (Wildman–Crippen MR) is 82.6 cm³/mol. The number of nitrogens with zero attached hydrogens (tertiary/aromatic N) is 1. The molecular formula is C14H19N3O2S. The van der Waals surface area contributed by atoms with E-state index in [-0.39, 0.29) is 11.9 Å². The van der Waals surface area contributed by atoms with E-state index in [1.165, 1.54) is 11.3 Å². The van der Waals surface area contributed by atoms with Gasteiger partial charge < -0.3 is 15.4 Å². The van der Waals surface area contributed by atoms with E-state index in [9.17, 15) is 4.79 Å². The molecule has 0 aliphatic heterocycles. The molecule has 0 fully saturated rings. The van der Waals surface area contributed by atoms with Crippen LogP contribution in [0.2, 0.25) is 0 Å². The number of benzene rings is 1. The van der Waals surface area contributed by atoms with Crippen LogP contribution in [0.25, 0.3) is 10.2 Å². The fourth-order valence-electron chi connectivity index (χ4n) is 1.80. The third kappa shape index (κ3) is 3.39. The summed E-state index contributed by atoms with van der Waals surface area (Å²) in [5, 5.41) is 6.65. The van der Waals surface area contributed by atoms with Gasteiger partial charge >= 0.3 is 0 Å². The van der Waals surface area contributed by atoms with Gasteiger partial charge in [-0.1, -0.05) is 11.3 Å². The molecule has 108 valence electrons. The minimum atomic E-state index is -0.304. The fraction of sp³-hybridized carbons (Fsp3) is 0.429. The van der Waals surface area contributed by atoms with Crippen LogP contribution in [-0.4, -0.2) is 30.1 Å². The number of fused-ring (bicyclic) bond motifs is 1. The predicted octanol–water partition coefficient (Wildman–Crippen LogP) is 2.63. The smallest absolute Gasteiger partial charge is 0.242 e. The summed E-state index contributed by atoms with van der Waals surface area (Å²) >= 11 is 1.52. The molecule has 2 N–H and O–H groups in total. The van der Waals surface area contributed by atoms with Gasteiger partial charge in [-0.05, 0) is 39.0 Å². The van der Waals surface area contributed by atoms with Crippen molar-refractivity contribution in [1.82, 2.24) is 10.3 Å². The Balaban J connectivity index is 2.13. The minimum Gasteiger partial charge on any atom is -0.494 e. The SMILES string of the molecule is CCNC(=O)C(C)Nc1nc2ccc(OCC)cc2s1. The molecule has 0 saturated carbocycles. The van der Waals surface area contributed by atoms with Gasteiger partial charge in [0.15, 0.2) is 5.13 Å². The molecule has 1 aromatic heterocycles. The molecule has 2 rings (SSSR count). The second-order valence-corrected chi connectivity index (χ2v) is 5.37. The zero-order valence-corrected chi connectivity index (χ0v) is 12.7. The van der Waals surface area contributed by atoms with Crippen molar-refractivity contribution < 1.29 is 9.53 Å². The van der Waals surface area contributed by atoms with E-state index in [2.05, 4.69) is 15.6 Å². The number of rotatable bonds is 6. The quantitative estimate of drug-likeness (QED) is 0.859. The van der Waals surface area contributed by atoms with Gasteiger partial charge in [0.1, 0.15) is 11.8 Å². The first-order valence-corrected chi connectivity index (χ1v) is 7.53. The molecule has 1 heterocycles.